The summed E-state index contributed by atoms with van der Waals surface area (Å²) in [7, 11) is -3.56. The van der Waals surface area contributed by atoms with E-state index in [1.165, 1.54) is 10.5 Å². The van der Waals surface area contributed by atoms with Crippen molar-refractivity contribution in [2.24, 2.45) is 0 Å². The fraction of sp³-hybridized carbons (Fsp3) is 0.429. The Bertz CT molecular complexity index is 770. The van der Waals surface area contributed by atoms with Crippen molar-refractivity contribution in [2.45, 2.75) is 30.3 Å². The molecule has 0 spiro atoms. The second-order valence-electron chi connectivity index (χ2n) is 5.86. The first-order valence-corrected chi connectivity index (χ1v) is 8.33. The molecule has 1 fully saturated rings. The van der Waals surface area contributed by atoms with Gasteiger partial charge in [0.05, 0.1) is 5.60 Å². The Morgan fingerprint density at radius 2 is 2.00 bits per heavy atom. The molecule has 1 aromatic carbocycles. The zero-order chi connectivity index (χ0) is 15.3. The van der Waals surface area contributed by atoms with Gasteiger partial charge in [-0.25, -0.2) is 8.42 Å². The monoisotopic (exact) mass is 309 g/mol. The second-order valence-corrected chi connectivity index (χ2v) is 7.77. The van der Waals surface area contributed by atoms with Crippen molar-refractivity contribution in [2.75, 3.05) is 18.8 Å². The number of aromatic amines is 1. The molecular formula is C14H19N3O3S. The van der Waals surface area contributed by atoms with E-state index in [9.17, 15) is 13.5 Å². The third-order valence-electron chi connectivity index (χ3n) is 4.09. The Labute approximate surface area is 123 Å². The maximum Gasteiger partial charge on any atom is 0.245 e. The predicted molar refractivity (Wildman–Crippen MR) is 81.3 cm³/mol. The molecule has 0 amide bonds. The van der Waals surface area contributed by atoms with Gasteiger partial charge in [0, 0.05) is 35.9 Å². The summed E-state index contributed by atoms with van der Waals surface area (Å²) in [6.07, 6.45) is 2.40. The van der Waals surface area contributed by atoms with E-state index in [0.29, 0.717) is 42.5 Å². The standard InChI is InChI=1S/C14H19N3O3S/c1-14(18)4-6-17(7-5-14)21(19,20)13-9-16-12-8-10(15)2-3-11(12)13/h2-3,8-9,16,18H,4-7,15H2,1H3. The fourth-order valence-electron chi connectivity index (χ4n) is 2.68. The van der Waals surface area contributed by atoms with Crippen LogP contribution in [0.5, 0.6) is 0 Å². The highest BCUT2D eigenvalue weighted by Crippen LogP contribution is 2.30. The van der Waals surface area contributed by atoms with E-state index in [-0.39, 0.29) is 4.90 Å². The molecule has 0 radical (unpaired) electrons. The molecule has 6 nitrogen and oxygen atoms in total. The van der Waals surface area contributed by atoms with Crippen LogP contribution < -0.4 is 5.73 Å². The lowest BCUT2D eigenvalue weighted by molar-refractivity contribution is 0.0126. The van der Waals surface area contributed by atoms with Gasteiger partial charge in [-0.2, -0.15) is 4.31 Å². The maximum atomic E-state index is 12.8. The van der Waals surface area contributed by atoms with Gasteiger partial charge < -0.3 is 15.8 Å². The molecule has 0 bridgehead atoms. The molecule has 3 rings (SSSR count). The summed E-state index contributed by atoms with van der Waals surface area (Å²) in [5.41, 5.74) is 6.22. The Hall–Kier alpha value is -1.57. The first kappa shape index (κ1) is 14.4. The molecule has 0 aliphatic carbocycles. The van der Waals surface area contributed by atoms with Crippen LogP contribution in [-0.2, 0) is 10.0 Å². The van der Waals surface area contributed by atoms with Crippen LogP contribution in [0.4, 0.5) is 5.69 Å². The molecule has 1 saturated heterocycles. The van der Waals surface area contributed by atoms with Crippen LogP contribution in [0.2, 0.25) is 0 Å². The average Bonchev–Trinajstić information content (AvgIpc) is 2.81. The molecule has 0 atom stereocenters. The lowest BCUT2D eigenvalue weighted by atomic mass is 9.95. The Kier molecular flexibility index (Phi) is 3.23. The van der Waals surface area contributed by atoms with Crippen molar-refractivity contribution in [3.8, 4) is 0 Å². The summed E-state index contributed by atoms with van der Waals surface area (Å²) < 4.78 is 26.9. The number of piperidine rings is 1. The van der Waals surface area contributed by atoms with Crippen LogP contribution >= 0.6 is 0 Å². The number of nitrogen functional groups attached to an aromatic ring is 1. The van der Waals surface area contributed by atoms with Crippen LogP contribution in [0.1, 0.15) is 19.8 Å². The molecule has 114 valence electrons. The zero-order valence-corrected chi connectivity index (χ0v) is 12.7. The van der Waals surface area contributed by atoms with Crippen LogP contribution in [0, 0.1) is 0 Å². The normalized spacial score (nSPS) is 19.9. The van der Waals surface area contributed by atoms with Crippen molar-refractivity contribution in [3.05, 3.63) is 24.4 Å². The first-order valence-electron chi connectivity index (χ1n) is 6.89. The molecule has 1 aromatic heterocycles. The maximum absolute atomic E-state index is 12.8. The van der Waals surface area contributed by atoms with Gasteiger partial charge in [0.25, 0.3) is 0 Å². The molecule has 4 N–H and O–H groups in total. The smallest absolute Gasteiger partial charge is 0.245 e. The number of hydrogen-bond donors (Lipinski definition) is 3. The first-order chi connectivity index (χ1) is 9.79. The van der Waals surface area contributed by atoms with Gasteiger partial charge in [0.15, 0.2) is 0 Å². The number of aromatic nitrogens is 1. The third-order valence-corrected chi connectivity index (χ3v) is 6.02. The minimum Gasteiger partial charge on any atom is -0.399 e. The highest BCUT2D eigenvalue weighted by atomic mass is 32.2. The predicted octanol–water partition coefficient (Wildman–Crippen LogP) is 1.29. The Morgan fingerprint density at radius 3 is 2.67 bits per heavy atom. The minimum absolute atomic E-state index is 0.263. The zero-order valence-electron chi connectivity index (χ0n) is 11.8. The molecule has 2 heterocycles. The molecular weight excluding hydrogens is 290 g/mol. The van der Waals surface area contributed by atoms with Gasteiger partial charge in [-0.05, 0) is 38.0 Å². The number of fused-ring (bicyclic) bond motifs is 1. The Morgan fingerprint density at radius 1 is 1.33 bits per heavy atom. The minimum atomic E-state index is -3.56. The van der Waals surface area contributed by atoms with Crippen LogP contribution in [0.15, 0.2) is 29.3 Å². The van der Waals surface area contributed by atoms with Crippen LogP contribution in [-0.4, -0.2) is 41.5 Å². The number of nitrogens with two attached hydrogens (primary N) is 1. The summed E-state index contributed by atoms with van der Waals surface area (Å²) in [5, 5.41) is 10.6. The van der Waals surface area contributed by atoms with Gasteiger partial charge in [0.1, 0.15) is 4.90 Å². The third kappa shape index (κ3) is 2.52. The number of aliphatic hydroxyl groups is 1. The molecule has 7 heteroatoms. The van der Waals surface area contributed by atoms with Gasteiger partial charge in [-0.15, -0.1) is 0 Å². The summed E-state index contributed by atoms with van der Waals surface area (Å²) in [4.78, 5) is 3.22. The van der Waals surface area contributed by atoms with E-state index in [2.05, 4.69) is 4.98 Å². The molecule has 2 aromatic rings. The number of hydrogen-bond acceptors (Lipinski definition) is 4. The molecule has 0 saturated carbocycles. The number of sulfonamides is 1. The molecule has 1 aliphatic heterocycles. The van der Waals surface area contributed by atoms with E-state index in [0.717, 1.165) is 0 Å². The summed E-state index contributed by atoms with van der Waals surface area (Å²) in [5.74, 6) is 0. The summed E-state index contributed by atoms with van der Waals surface area (Å²) >= 11 is 0. The highest BCUT2D eigenvalue weighted by Gasteiger charge is 2.35. The van der Waals surface area contributed by atoms with Crippen molar-refractivity contribution in [1.29, 1.82) is 0 Å². The molecule has 21 heavy (non-hydrogen) atoms. The summed E-state index contributed by atoms with van der Waals surface area (Å²) in [6, 6.07) is 5.12. The number of rotatable bonds is 2. The number of H-pyrrole nitrogens is 1. The molecule has 1 aliphatic rings. The SMILES string of the molecule is CC1(O)CCN(S(=O)(=O)c2c[nH]c3cc(N)ccc23)CC1. The van der Waals surface area contributed by atoms with Crippen molar-refractivity contribution >= 4 is 26.6 Å². The van der Waals surface area contributed by atoms with E-state index >= 15 is 0 Å². The second kappa shape index (κ2) is 4.72. The lowest BCUT2D eigenvalue weighted by Gasteiger charge is -2.34. The summed E-state index contributed by atoms with van der Waals surface area (Å²) in [6.45, 7) is 2.40. The van der Waals surface area contributed by atoms with E-state index in [1.54, 1.807) is 25.1 Å². The van der Waals surface area contributed by atoms with Gasteiger partial charge in [-0.1, -0.05) is 0 Å². The van der Waals surface area contributed by atoms with Gasteiger partial charge >= 0.3 is 0 Å². The van der Waals surface area contributed by atoms with Crippen LogP contribution in [0.3, 0.4) is 0 Å². The molecule has 0 unspecified atom stereocenters. The average molecular weight is 309 g/mol. The quantitative estimate of drug-likeness (QED) is 0.728. The van der Waals surface area contributed by atoms with E-state index in [4.69, 9.17) is 5.73 Å². The lowest BCUT2D eigenvalue weighted by Crippen LogP contribution is -2.44. The van der Waals surface area contributed by atoms with Crippen molar-refractivity contribution in [3.63, 3.8) is 0 Å². The number of nitrogens with one attached hydrogen (secondary N) is 1. The Balaban J connectivity index is 1.97. The highest BCUT2D eigenvalue weighted by molar-refractivity contribution is 7.89. The fourth-order valence-corrected chi connectivity index (χ4v) is 4.28. The van der Waals surface area contributed by atoms with Crippen molar-refractivity contribution < 1.29 is 13.5 Å². The van der Waals surface area contributed by atoms with Crippen molar-refractivity contribution in [1.82, 2.24) is 9.29 Å². The van der Waals surface area contributed by atoms with E-state index in [1.807, 2.05) is 0 Å². The number of benzene rings is 1. The van der Waals surface area contributed by atoms with Gasteiger partial charge in [0.2, 0.25) is 10.0 Å². The van der Waals surface area contributed by atoms with Gasteiger partial charge in [-0.3, -0.25) is 0 Å². The topological polar surface area (TPSA) is 99.4 Å². The number of anilines is 1. The van der Waals surface area contributed by atoms with E-state index < -0.39 is 15.6 Å². The number of nitrogens with zero attached hydrogens (tertiary/aromatic N) is 1. The van der Waals surface area contributed by atoms with Crippen LogP contribution in [0.25, 0.3) is 10.9 Å². The largest absolute Gasteiger partial charge is 0.399 e.